The molecule has 1 amide bonds. The third-order valence-electron chi connectivity index (χ3n) is 3.59. The van der Waals surface area contributed by atoms with E-state index < -0.39 is 17.8 Å². The van der Waals surface area contributed by atoms with Crippen molar-refractivity contribution >= 4 is 45.8 Å². The molecule has 0 spiro atoms. The molecule has 2 rings (SSSR count). The first-order chi connectivity index (χ1) is 13.7. The van der Waals surface area contributed by atoms with Crippen molar-refractivity contribution in [1.29, 1.82) is 0 Å². The first-order valence-corrected chi connectivity index (χ1v) is 10.1. The minimum Gasteiger partial charge on any atom is -0.484 e. The van der Waals surface area contributed by atoms with E-state index in [1.165, 1.54) is 0 Å². The Hall–Kier alpha value is -2.58. The topological polar surface area (TPSA) is 90.9 Å². The fourth-order valence-electron chi connectivity index (χ4n) is 2.36. The first-order valence-electron chi connectivity index (χ1n) is 8.92. The van der Waals surface area contributed by atoms with Crippen LogP contribution in [0.4, 0.5) is 5.00 Å². The summed E-state index contributed by atoms with van der Waals surface area (Å²) in [4.78, 5) is 37.3. The highest BCUT2D eigenvalue weighted by Gasteiger charge is 2.27. The highest BCUT2D eigenvalue weighted by atomic mass is 35.5. The fraction of sp³-hybridized carbons (Fsp3) is 0.350. The Bertz CT molecular complexity index is 891. The lowest BCUT2D eigenvalue weighted by molar-refractivity contribution is -0.118. The molecule has 0 bridgehead atoms. The van der Waals surface area contributed by atoms with Crippen LogP contribution < -0.4 is 10.1 Å². The molecule has 0 saturated carbocycles. The highest BCUT2D eigenvalue weighted by Crippen LogP contribution is 2.34. The van der Waals surface area contributed by atoms with Crippen LogP contribution in [-0.2, 0) is 14.3 Å². The van der Waals surface area contributed by atoms with Gasteiger partial charge in [-0.2, -0.15) is 0 Å². The summed E-state index contributed by atoms with van der Waals surface area (Å²) >= 11 is 6.78. The molecule has 156 valence electrons. The van der Waals surface area contributed by atoms with Crippen molar-refractivity contribution in [2.45, 2.75) is 33.8 Å². The molecule has 0 unspecified atom stereocenters. The summed E-state index contributed by atoms with van der Waals surface area (Å²) in [5.41, 5.74) is 0.528. The minimum absolute atomic E-state index is 0.132. The van der Waals surface area contributed by atoms with E-state index in [1.807, 2.05) is 0 Å². The molecule has 0 radical (unpaired) electrons. The molecule has 1 aromatic carbocycles. The number of thiophene rings is 1. The van der Waals surface area contributed by atoms with E-state index in [0.717, 1.165) is 11.3 Å². The predicted octanol–water partition coefficient (Wildman–Crippen LogP) is 4.47. The molecule has 0 atom stereocenters. The minimum atomic E-state index is -0.626. The average Bonchev–Trinajstić information content (AvgIpc) is 2.97. The van der Waals surface area contributed by atoms with Crippen LogP contribution in [0.3, 0.4) is 0 Å². The molecule has 0 fully saturated rings. The number of ether oxygens (including phenoxy) is 3. The maximum atomic E-state index is 12.4. The second-order valence-electron chi connectivity index (χ2n) is 6.23. The van der Waals surface area contributed by atoms with Gasteiger partial charge in [-0.1, -0.05) is 11.6 Å². The van der Waals surface area contributed by atoms with E-state index in [4.69, 9.17) is 25.8 Å². The average molecular weight is 440 g/mol. The highest BCUT2D eigenvalue weighted by molar-refractivity contribution is 7.18. The number of benzene rings is 1. The van der Waals surface area contributed by atoms with E-state index in [2.05, 4.69) is 5.32 Å². The zero-order chi connectivity index (χ0) is 21.6. The summed E-state index contributed by atoms with van der Waals surface area (Å²) in [5, 5.41) is 3.38. The van der Waals surface area contributed by atoms with E-state index in [0.29, 0.717) is 16.3 Å². The molecule has 29 heavy (non-hydrogen) atoms. The summed E-state index contributed by atoms with van der Waals surface area (Å²) in [6, 6.07) is 6.55. The molecule has 2 aromatic rings. The van der Waals surface area contributed by atoms with Gasteiger partial charge in [-0.05, 0) is 57.5 Å². The van der Waals surface area contributed by atoms with Gasteiger partial charge in [-0.25, -0.2) is 9.59 Å². The van der Waals surface area contributed by atoms with Gasteiger partial charge in [0, 0.05) is 5.02 Å². The largest absolute Gasteiger partial charge is 0.484 e. The van der Waals surface area contributed by atoms with Gasteiger partial charge in [-0.3, -0.25) is 4.79 Å². The smallest absolute Gasteiger partial charge is 0.348 e. The maximum Gasteiger partial charge on any atom is 0.348 e. The number of rotatable bonds is 8. The van der Waals surface area contributed by atoms with E-state index >= 15 is 0 Å². The number of carbonyl (C=O) groups excluding carboxylic acids is 3. The lowest BCUT2D eigenvalue weighted by Gasteiger charge is -2.08. The standard InChI is InChI=1S/C20H22ClNO6S/c1-5-26-19(24)16-12(4)17(20(25)28-11(2)3)29-18(16)22-15(23)10-27-14-8-6-13(21)7-9-14/h6-9,11H,5,10H2,1-4H3,(H,22,23). The predicted molar refractivity (Wildman–Crippen MR) is 111 cm³/mol. The fourth-order valence-corrected chi connectivity index (χ4v) is 3.58. The lowest BCUT2D eigenvalue weighted by Crippen LogP contribution is -2.21. The molecule has 0 aliphatic carbocycles. The Balaban J connectivity index is 2.20. The zero-order valence-electron chi connectivity index (χ0n) is 16.5. The zero-order valence-corrected chi connectivity index (χ0v) is 18.1. The van der Waals surface area contributed by atoms with Crippen molar-refractivity contribution in [1.82, 2.24) is 0 Å². The molecule has 7 nitrogen and oxygen atoms in total. The van der Waals surface area contributed by atoms with Crippen molar-refractivity contribution in [3.63, 3.8) is 0 Å². The van der Waals surface area contributed by atoms with Crippen molar-refractivity contribution < 1.29 is 28.6 Å². The van der Waals surface area contributed by atoms with Crippen LogP contribution in [0, 0.1) is 6.92 Å². The van der Waals surface area contributed by atoms with Gasteiger partial charge in [0.05, 0.1) is 18.3 Å². The maximum absolute atomic E-state index is 12.4. The number of halogens is 1. The molecular weight excluding hydrogens is 418 g/mol. The van der Waals surface area contributed by atoms with Crippen molar-refractivity contribution in [3.05, 3.63) is 45.3 Å². The van der Waals surface area contributed by atoms with Crippen LogP contribution in [0.25, 0.3) is 0 Å². The number of esters is 2. The van der Waals surface area contributed by atoms with Crippen LogP contribution in [-0.4, -0.2) is 37.2 Å². The number of anilines is 1. The van der Waals surface area contributed by atoms with Crippen molar-refractivity contribution in [3.8, 4) is 5.75 Å². The van der Waals surface area contributed by atoms with Crippen LogP contribution >= 0.6 is 22.9 Å². The third kappa shape index (κ3) is 6.20. The third-order valence-corrected chi connectivity index (χ3v) is 5.03. The Morgan fingerprint density at radius 2 is 1.79 bits per heavy atom. The van der Waals surface area contributed by atoms with Crippen LogP contribution in [0.15, 0.2) is 24.3 Å². The van der Waals surface area contributed by atoms with Crippen LogP contribution in [0.1, 0.15) is 46.4 Å². The summed E-state index contributed by atoms with van der Waals surface area (Å²) < 4.78 is 15.7. The summed E-state index contributed by atoms with van der Waals surface area (Å²) in [6.07, 6.45) is -0.319. The van der Waals surface area contributed by atoms with Gasteiger partial charge in [0.1, 0.15) is 15.6 Å². The van der Waals surface area contributed by atoms with E-state index in [1.54, 1.807) is 52.0 Å². The van der Waals surface area contributed by atoms with Gasteiger partial charge >= 0.3 is 11.9 Å². The number of nitrogens with one attached hydrogen (secondary N) is 1. The number of amides is 1. The van der Waals surface area contributed by atoms with Gasteiger partial charge in [-0.15, -0.1) is 11.3 Å². The Morgan fingerprint density at radius 1 is 1.14 bits per heavy atom. The number of carbonyl (C=O) groups is 3. The van der Waals surface area contributed by atoms with Crippen LogP contribution in [0.2, 0.25) is 5.02 Å². The number of hydrogen-bond donors (Lipinski definition) is 1. The lowest BCUT2D eigenvalue weighted by atomic mass is 10.1. The molecule has 1 heterocycles. The molecule has 0 aliphatic rings. The molecule has 0 aliphatic heterocycles. The molecule has 1 N–H and O–H groups in total. The van der Waals surface area contributed by atoms with E-state index in [-0.39, 0.29) is 34.8 Å². The molecular formula is C20H22ClNO6S. The van der Waals surface area contributed by atoms with Crippen molar-refractivity contribution in [2.75, 3.05) is 18.5 Å². The Kier molecular flexibility index (Phi) is 8.04. The summed E-state index contributed by atoms with van der Waals surface area (Å²) in [7, 11) is 0. The molecule has 9 heteroatoms. The van der Waals surface area contributed by atoms with Gasteiger partial charge in [0.15, 0.2) is 6.61 Å². The van der Waals surface area contributed by atoms with Gasteiger partial charge in [0.25, 0.3) is 5.91 Å². The van der Waals surface area contributed by atoms with Gasteiger partial charge < -0.3 is 19.5 Å². The molecule has 1 aromatic heterocycles. The Labute approximate surface area is 177 Å². The second-order valence-corrected chi connectivity index (χ2v) is 7.68. The summed E-state index contributed by atoms with van der Waals surface area (Å²) in [6.45, 7) is 6.61. The normalized spacial score (nSPS) is 10.6. The van der Waals surface area contributed by atoms with E-state index in [9.17, 15) is 14.4 Å². The number of hydrogen-bond acceptors (Lipinski definition) is 7. The molecule has 0 saturated heterocycles. The first kappa shape index (κ1) is 22.7. The van der Waals surface area contributed by atoms with Crippen molar-refractivity contribution in [2.24, 2.45) is 0 Å². The summed E-state index contributed by atoms with van der Waals surface area (Å²) in [5.74, 6) is -1.21. The monoisotopic (exact) mass is 439 g/mol. The quantitative estimate of drug-likeness (QED) is 0.610. The van der Waals surface area contributed by atoms with Gasteiger partial charge in [0.2, 0.25) is 0 Å². The SMILES string of the molecule is CCOC(=O)c1c(NC(=O)COc2ccc(Cl)cc2)sc(C(=O)OC(C)C)c1C. The second kappa shape index (κ2) is 10.3. The van der Waals surface area contributed by atoms with Crippen LogP contribution in [0.5, 0.6) is 5.75 Å². The Morgan fingerprint density at radius 3 is 2.38 bits per heavy atom.